The fourth-order valence-electron chi connectivity index (χ4n) is 1.40. The van der Waals surface area contributed by atoms with Gasteiger partial charge in [-0.1, -0.05) is 12.1 Å². The second kappa shape index (κ2) is 4.25. The van der Waals surface area contributed by atoms with Crippen molar-refractivity contribution in [2.45, 2.75) is 6.92 Å². The van der Waals surface area contributed by atoms with Gasteiger partial charge in [0.2, 0.25) is 5.76 Å². The molecule has 0 bridgehead atoms. The Labute approximate surface area is 105 Å². The van der Waals surface area contributed by atoms with Crippen molar-refractivity contribution < 1.29 is 14.3 Å². The van der Waals surface area contributed by atoms with Crippen LogP contribution in [0.1, 0.15) is 16.4 Å². The summed E-state index contributed by atoms with van der Waals surface area (Å²) in [5.74, 6) is -0.861. The number of carboxylic acid groups (broad SMARTS) is 1. The molecule has 82 valence electrons. The van der Waals surface area contributed by atoms with Crippen molar-refractivity contribution in [3.8, 4) is 11.3 Å². The predicted molar refractivity (Wildman–Crippen MR) is 66.4 cm³/mol. The second-order valence-electron chi connectivity index (χ2n) is 3.23. The number of hydrogen-bond acceptors (Lipinski definition) is 3. The molecule has 16 heavy (non-hydrogen) atoms. The predicted octanol–water partition coefficient (Wildman–Crippen LogP) is 2.95. The first-order valence-corrected chi connectivity index (χ1v) is 5.62. The third kappa shape index (κ3) is 2.08. The minimum absolute atomic E-state index is 0.112. The van der Waals surface area contributed by atoms with Gasteiger partial charge in [-0.3, -0.25) is 0 Å². The van der Waals surface area contributed by atoms with E-state index in [2.05, 4.69) is 27.6 Å². The molecule has 0 saturated carbocycles. The average molecular weight is 329 g/mol. The van der Waals surface area contributed by atoms with Crippen LogP contribution in [-0.4, -0.2) is 16.1 Å². The van der Waals surface area contributed by atoms with Crippen LogP contribution in [-0.2, 0) is 0 Å². The van der Waals surface area contributed by atoms with Gasteiger partial charge >= 0.3 is 5.97 Å². The molecule has 1 aromatic carbocycles. The van der Waals surface area contributed by atoms with Crippen molar-refractivity contribution in [3.05, 3.63) is 39.5 Å². The molecule has 1 aromatic heterocycles. The van der Waals surface area contributed by atoms with E-state index in [1.807, 2.05) is 24.3 Å². The third-order valence-electron chi connectivity index (χ3n) is 2.03. The molecule has 0 aliphatic carbocycles. The van der Waals surface area contributed by atoms with Crippen molar-refractivity contribution in [3.63, 3.8) is 0 Å². The summed E-state index contributed by atoms with van der Waals surface area (Å²) >= 11 is 2.16. The van der Waals surface area contributed by atoms with Gasteiger partial charge in [0.25, 0.3) is 0 Å². The zero-order valence-corrected chi connectivity index (χ0v) is 10.6. The van der Waals surface area contributed by atoms with E-state index in [-0.39, 0.29) is 5.76 Å². The zero-order chi connectivity index (χ0) is 11.7. The Morgan fingerprint density at radius 3 is 2.88 bits per heavy atom. The number of aromatic nitrogens is 1. The monoisotopic (exact) mass is 329 g/mol. The van der Waals surface area contributed by atoms with E-state index in [1.165, 1.54) is 0 Å². The standard InChI is InChI=1S/C11H8INO3/c1-6-13-9(10(16-6)11(14)15)7-3-2-4-8(12)5-7/h2-5H,1H3,(H,14,15). The summed E-state index contributed by atoms with van der Waals surface area (Å²) in [6.45, 7) is 1.63. The summed E-state index contributed by atoms with van der Waals surface area (Å²) in [4.78, 5) is 15.1. The van der Waals surface area contributed by atoms with Crippen LogP contribution in [0.15, 0.2) is 28.7 Å². The summed E-state index contributed by atoms with van der Waals surface area (Å²) < 4.78 is 6.08. The smallest absolute Gasteiger partial charge is 0.374 e. The summed E-state index contributed by atoms with van der Waals surface area (Å²) in [7, 11) is 0. The molecule has 0 aliphatic rings. The average Bonchev–Trinajstić information content (AvgIpc) is 2.60. The summed E-state index contributed by atoms with van der Waals surface area (Å²) in [6.07, 6.45) is 0. The molecule has 2 rings (SSSR count). The Balaban J connectivity index is 2.59. The maximum absolute atomic E-state index is 11.0. The summed E-state index contributed by atoms with van der Waals surface area (Å²) in [5.41, 5.74) is 1.13. The Morgan fingerprint density at radius 1 is 1.50 bits per heavy atom. The number of nitrogens with zero attached hydrogens (tertiary/aromatic N) is 1. The highest BCUT2D eigenvalue weighted by molar-refractivity contribution is 14.1. The molecule has 0 amide bonds. The Hall–Kier alpha value is -1.37. The highest BCUT2D eigenvalue weighted by Gasteiger charge is 2.19. The van der Waals surface area contributed by atoms with Crippen LogP contribution in [0.2, 0.25) is 0 Å². The molecule has 0 spiro atoms. The van der Waals surface area contributed by atoms with Crippen LogP contribution in [0.5, 0.6) is 0 Å². The van der Waals surface area contributed by atoms with Gasteiger partial charge < -0.3 is 9.52 Å². The van der Waals surface area contributed by atoms with E-state index >= 15 is 0 Å². The van der Waals surface area contributed by atoms with Crippen molar-refractivity contribution in [2.24, 2.45) is 0 Å². The third-order valence-corrected chi connectivity index (χ3v) is 2.70. The molecule has 1 N–H and O–H groups in total. The fraction of sp³-hybridized carbons (Fsp3) is 0.0909. The lowest BCUT2D eigenvalue weighted by atomic mass is 10.1. The zero-order valence-electron chi connectivity index (χ0n) is 8.40. The largest absolute Gasteiger partial charge is 0.475 e. The van der Waals surface area contributed by atoms with Crippen LogP contribution in [0.4, 0.5) is 0 Å². The normalized spacial score (nSPS) is 10.4. The van der Waals surface area contributed by atoms with Crippen molar-refractivity contribution in [1.82, 2.24) is 4.98 Å². The van der Waals surface area contributed by atoms with Gasteiger partial charge in [0, 0.05) is 16.1 Å². The lowest BCUT2D eigenvalue weighted by Crippen LogP contribution is -1.96. The number of oxazole rings is 1. The number of carbonyl (C=O) groups is 1. The minimum atomic E-state index is -1.10. The van der Waals surface area contributed by atoms with Gasteiger partial charge in [0.05, 0.1) is 0 Å². The maximum Gasteiger partial charge on any atom is 0.374 e. The summed E-state index contributed by atoms with van der Waals surface area (Å²) in [5, 5.41) is 8.97. The lowest BCUT2D eigenvalue weighted by molar-refractivity contribution is 0.0662. The van der Waals surface area contributed by atoms with Crippen LogP contribution in [0.3, 0.4) is 0 Å². The fourth-order valence-corrected chi connectivity index (χ4v) is 1.95. The van der Waals surface area contributed by atoms with Gasteiger partial charge in [-0.25, -0.2) is 9.78 Å². The van der Waals surface area contributed by atoms with Gasteiger partial charge in [-0.2, -0.15) is 0 Å². The molecule has 1 heterocycles. The van der Waals surface area contributed by atoms with E-state index < -0.39 is 5.97 Å². The molecule has 5 heteroatoms. The highest BCUT2D eigenvalue weighted by atomic mass is 127. The quantitative estimate of drug-likeness (QED) is 0.861. The molecule has 0 aliphatic heterocycles. The van der Waals surface area contributed by atoms with E-state index in [0.29, 0.717) is 11.6 Å². The van der Waals surface area contributed by atoms with Gasteiger partial charge in [0.15, 0.2) is 5.89 Å². The molecule has 4 nitrogen and oxygen atoms in total. The van der Waals surface area contributed by atoms with E-state index in [1.54, 1.807) is 6.92 Å². The van der Waals surface area contributed by atoms with E-state index in [9.17, 15) is 4.79 Å². The van der Waals surface area contributed by atoms with E-state index in [0.717, 1.165) is 9.13 Å². The van der Waals surface area contributed by atoms with Gasteiger partial charge in [-0.05, 0) is 34.7 Å². The molecule has 0 saturated heterocycles. The van der Waals surface area contributed by atoms with Gasteiger partial charge in [-0.15, -0.1) is 0 Å². The van der Waals surface area contributed by atoms with Crippen molar-refractivity contribution >= 4 is 28.6 Å². The molecule has 2 aromatic rings. The molecular weight excluding hydrogens is 321 g/mol. The highest BCUT2D eigenvalue weighted by Crippen LogP contribution is 2.25. The first-order valence-electron chi connectivity index (χ1n) is 4.54. The number of benzene rings is 1. The number of carboxylic acids is 1. The maximum atomic E-state index is 11.0. The van der Waals surface area contributed by atoms with Crippen molar-refractivity contribution in [1.29, 1.82) is 0 Å². The first kappa shape index (κ1) is 11.1. The van der Waals surface area contributed by atoms with E-state index in [4.69, 9.17) is 9.52 Å². The lowest BCUT2D eigenvalue weighted by Gasteiger charge is -1.98. The Morgan fingerprint density at radius 2 is 2.25 bits per heavy atom. The van der Waals surface area contributed by atoms with Crippen molar-refractivity contribution in [2.75, 3.05) is 0 Å². The number of halogens is 1. The van der Waals surface area contributed by atoms with Gasteiger partial charge in [0.1, 0.15) is 5.69 Å². The van der Waals surface area contributed by atoms with Crippen LogP contribution >= 0.6 is 22.6 Å². The topological polar surface area (TPSA) is 63.3 Å². The number of aryl methyl sites for hydroxylation is 1. The number of hydrogen-bond donors (Lipinski definition) is 1. The molecule has 0 atom stereocenters. The summed E-state index contributed by atoms with van der Waals surface area (Å²) in [6, 6.07) is 7.46. The first-order chi connectivity index (χ1) is 7.58. The second-order valence-corrected chi connectivity index (χ2v) is 4.47. The Kier molecular flexibility index (Phi) is 2.95. The van der Waals surface area contributed by atoms with Crippen LogP contribution in [0.25, 0.3) is 11.3 Å². The number of rotatable bonds is 2. The minimum Gasteiger partial charge on any atom is -0.475 e. The molecule has 0 fully saturated rings. The Bertz CT molecular complexity index is 548. The van der Waals surface area contributed by atoms with Crippen LogP contribution in [0, 0.1) is 10.5 Å². The molecular formula is C11H8INO3. The SMILES string of the molecule is Cc1nc(-c2cccc(I)c2)c(C(=O)O)o1. The number of aromatic carboxylic acids is 1. The molecule has 0 unspecified atom stereocenters. The molecule has 0 radical (unpaired) electrons. The van der Waals surface area contributed by atoms with Crippen LogP contribution < -0.4 is 0 Å².